The largest absolute Gasteiger partial charge is 0.613 e. The van der Waals surface area contributed by atoms with Crippen molar-refractivity contribution in [1.29, 1.82) is 0 Å². The Labute approximate surface area is 96.9 Å². The summed E-state index contributed by atoms with van der Waals surface area (Å²) in [6, 6.07) is 3.62. The summed E-state index contributed by atoms with van der Waals surface area (Å²) in [6.07, 6.45) is 0. The molecule has 0 bridgehead atoms. The van der Waals surface area contributed by atoms with E-state index in [-0.39, 0.29) is 5.82 Å². The van der Waals surface area contributed by atoms with Crippen LogP contribution in [-0.2, 0) is 0 Å². The molecule has 7 heteroatoms. The highest BCUT2D eigenvalue weighted by atomic mass is 32.1. The molecule has 5 nitrogen and oxygen atoms in total. The summed E-state index contributed by atoms with van der Waals surface area (Å²) < 4.78 is 0.852. The first-order valence-corrected chi connectivity index (χ1v) is 6.10. The van der Waals surface area contributed by atoms with Gasteiger partial charge in [0.2, 0.25) is 0 Å². The molecule has 0 radical (unpaired) electrons. The van der Waals surface area contributed by atoms with Gasteiger partial charge in [-0.05, 0) is 22.9 Å². The Morgan fingerprint density at radius 2 is 1.88 bits per heavy atom. The summed E-state index contributed by atoms with van der Waals surface area (Å²) in [5.74, 6) is -0.375. The molecule has 0 aliphatic rings. The van der Waals surface area contributed by atoms with Crippen molar-refractivity contribution >= 4 is 48.8 Å². The number of rotatable bonds is 1. The number of pyridine rings is 1. The minimum absolute atomic E-state index is 0.375. The maximum absolute atomic E-state index is 11.8. The van der Waals surface area contributed by atoms with Gasteiger partial charge in [0, 0.05) is 5.39 Å². The zero-order valence-electron chi connectivity index (χ0n) is 7.75. The molecule has 16 heavy (non-hydrogen) atoms. The van der Waals surface area contributed by atoms with Crippen LogP contribution in [0.4, 0.5) is 5.82 Å². The third-order valence-electron chi connectivity index (χ3n) is 2.35. The third-order valence-corrected chi connectivity index (χ3v) is 4.14. The number of hydrogen-bond donors (Lipinski definition) is 0. The van der Waals surface area contributed by atoms with E-state index in [0.29, 0.717) is 14.3 Å². The fraction of sp³-hybridized carbons (Fsp3) is 0. The summed E-state index contributed by atoms with van der Waals surface area (Å²) in [5, 5.41) is 27.8. The van der Waals surface area contributed by atoms with Crippen LogP contribution in [0, 0.1) is 15.3 Å². The molecule has 3 rings (SSSR count). The lowest BCUT2D eigenvalue weighted by molar-refractivity contribution is -0.640. The van der Waals surface area contributed by atoms with E-state index in [1.165, 1.54) is 22.7 Å². The standard InChI is InChI=1S/C9H4N2O3S2/c12-10-8(11(13)14)7-5(1-3-15-7)6-2-4-16-9(6)10/h1-4H. The summed E-state index contributed by atoms with van der Waals surface area (Å²) in [7, 11) is 0. The third kappa shape index (κ3) is 1.06. The number of fused-ring (bicyclic) bond motifs is 3. The van der Waals surface area contributed by atoms with Gasteiger partial charge in [-0.25, -0.2) is 0 Å². The topological polar surface area (TPSA) is 70.1 Å². The van der Waals surface area contributed by atoms with E-state index in [0.717, 1.165) is 10.8 Å². The molecule has 0 fully saturated rings. The molecule has 3 aromatic heterocycles. The van der Waals surface area contributed by atoms with E-state index in [2.05, 4.69) is 0 Å². The lowest BCUT2D eigenvalue weighted by Gasteiger charge is -1.99. The predicted molar refractivity (Wildman–Crippen MR) is 62.8 cm³/mol. The van der Waals surface area contributed by atoms with Gasteiger partial charge in [0.1, 0.15) is 4.92 Å². The fourth-order valence-corrected chi connectivity index (χ4v) is 3.43. The minimum Gasteiger partial charge on any atom is -0.613 e. The number of nitrogens with zero attached hydrogens (tertiary/aromatic N) is 2. The SMILES string of the molecule is O=[N+]([O-])c1c2sccc2c2ccsc2[n+]1[O-]. The Hall–Kier alpha value is -1.73. The van der Waals surface area contributed by atoms with Gasteiger partial charge in [-0.3, -0.25) is 10.1 Å². The molecule has 0 spiro atoms. The van der Waals surface area contributed by atoms with E-state index >= 15 is 0 Å². The molecular weight excluding hydrogens is 248 g/mol. The molecule has 0 unspecified atom stereocenters. The van der Waals surface area contributed by atoms with Crippen LogP contribution in [0.5, 0.6) is 0 Å². The molecule has 0 saturated heterocycles. The molecule has 0 saturated carbocycles. The molecule has 0 aliphatic carbocycles. The Bertz CT molecular complexity index is 716. The van der Waals surface area contributed by atoms with Crippen molar-refractivity contribution in [3.05, 3.63) is 38.2 Å². The van der Waals surface area contributed by atoms with Crippen LogP contribution in [0.1, 0.15) is 0 Å². The van der Waals surface area contributed by atoms with E-state index in [1.807, 2.05) is 12.1 Å². The molecular formula is C9H4N2O3S2. The second-order valence-electron chi connectivity index (χ2n) is 3.18. The van der Waals surface area contributed by atoms with Crippen molar-refractivity contribution in [3.63, 3.8) is 0 Å². The number of thiophene rings is 2. The Balaban J connectivity index is 2.66. The Morgan fingerprint density at radius 3 is 2.62 bits per heavy atom. The van der Waals surface area contributed by atoms with E-state index in [9.17, 15) is 15.3 Å². The van der Waals surface area contributed by atoms with Gasteiger partial charge >= 0.3 is 5.82 Å². The smallest absolute Gasteiger partial charge is 0.532 e. The van der Waals surface area contributed by atoms with Crippen molar-refractivity contribution in [3.8, 4) is 0 Å². The molecule has 3 aromatic rings. The maximum Gasteiger partial charge on any atom is 0.532 e. The molecule has 0 N–H and O–H groups in total. The van der Waals surface area contributed by atoms with Crippen molar-refractivity contribution in [2.45, 2.75) is 0 Å². The van der Waals surface area contributed by atoms with Crippen molar-refractivity contribution < 1.29 is 9.65 Å². The summed E-state index contributed by atoms with van der Waals surface area (Å²) in [4.78, 5) is 10.7. The monoisotopic (exact) mass is 252 g/mol. The second kappa shape index (κ2) is 3.13. The molecule has 0 aromatic carbocycles. The van der Waals surface area contributed by atoms with Gasteiger partial charge in [0.15, 0.2) is 4.70 Å². The van der Waals surface area contributed by atoms with Gasteiger partial charge in [-0.1, -0.05) is 16.1 Å². The Kier molecular flexibility index (Phi) is 1.86. The van der Waals surface area contributed by atoms with Gasteiger partial charge in [0.05, 0.1) is 5.39 Å². The van der Waals surface area contributed by atoms with E-state index in [4.69, 9.17) is 0 Å². The molecule has 3 heterocycles. The van der Waals surface area contributed by atoms with Gasteiger partial charge in [-0.2, -0.15) is 0 Å². The average Bonchev–Trinajstić information content (AvgIpc) is 2.82. The number of nitro groups is 1. The highest BCUT2D eigenvalue weighted by molar-refractivity contribution is 7.19. The van der Waals surface area contributed by atoms with Gasteiger partial charge in [0.25, 0.3) is 4.83 Å². The Morgan fingerprint density at radius 1 is 1.19 bits per heavy atom. The molecule has 0 atom stereocenters. The summed E-state index contributed by atoms with van der Waals surface area (Å²) >= 11 is 2.43. The van der Waals surface area contributed by atoms with Crippen LogP contribution in [0.3, 0.4) is 0 Å². The van der Waals surface area contributed by atoms with Crippen LogP contribution in [0.2, 0.25) is 0 Å². The van der Waals surface area contributed by atoms with Crippen LogP contribution < -0.4 is 4.73 Å². The molecule has 0 aliphatic heterocycles. The number of aromatic nitrogens is 1. The van der Waals surface area contributed by atoms with Crippen LogP contribution in [0.25, 0.3) is 20.3 Å². The number of hydrogen-bond acceptors (Lipinski definition) is 5. The van der Waals surface area contributed by atoms with Crippen LogP contribution in [-0.4, -0.2) is 4.92 Å². The summed E-state index contributed by atoms with van der Waals surface area (Å²) in [6.45, 7) is 0. The average molecular weight is 252 g/mol. The summed E-state index contributed by atoms with van der Waals surface area (Å²) in [5.41, 5.74) is 0. The zero-order valence-corrected chi connectivity index (χ0v) is 9.38. The molecule has 80 valence electrons. The lowest BCUT2D eigenvalue weighted by Crippen LogP contribution is -2.30. The normalized spacial score (nSPS) is 11.2. The maximum atomic E-state index is 11.8. The highest BCUT2D eigenvalue weighted by Gasteiger charge is 2.29. The lowest BCUT2D eigenvalue weighted by atomic mass is 10.2. The first-order chi connectivity index (χ1) is 7.70. The van der Waals surface area contributed by atoms with Gasteiger partial charge < -0.3 is 5.21 Å². The fourth-order valence-electron chi connectivity index (χ4n) is 1.70. The van der Waals surface area contributed by atoms with E-state index < -0.39 is 4.92 Å². The highest BCUT2D eigenvalue weighted by Crippen LogP contribution is 2.34. The van der Waals surface area contributed by atoms with Crippen molar-refractivity contribution in [1.82, 2.24) is 0 Å². The quantitative estimate of drug-likeness (QED) is 0.289. The first-order valence-electron chi connectivity index (χ1n) is 4.34. The first kappa shape index (κ1) is 9.49. The molecule has 0 amide bonds. The van der Waals surface area contributed by atoms with E-state index in [1.54, 1.807) is 10.8 Å². The minimum atomic E-state index is -0.620. The second-order valence-corrected chi connectivity index (χ2v) is 4.99. The van der Waals surface area contributed by atoms with Gasteiger partial charge in [-0.15, -0.1) is 11.3 Å². The van der Waals surface area contributed by atoms with Crippen LogP contribution >= 0.6 is 22.7 Å². The zero-order chi connectivity index (χ0) is 11.3. The van der Waals surface area contributed by atoms with Crippen LogP contribution in [0.15, 0.2) is 22.9 Å². The predicted octanol–water partition coefficient (Wildman–Crippen LogP) is 2.66. The van der Waals surface area contributed by atoms with Crippen molar-refractivity contribution in [2.24, 2.45) is 0 Å². The van der Waals surface area contributed by atoms with Crippen molar-refractivity contribution in [2.75, 3.05) is 0 Å².